The Morgan fingerprint density at radius 2 is 2.23 bits per heavy atom. The number of amides is 2. The second kappa shape index (κ2) is 7.91. The summed E-state index contributed by atoms with van der Waals surface area (Å²) >= 11 is 0. The standard InChI is InChI=1S/C16H23N3O3/c1-3-17-16(21)12-5-4-11(2)14(8-12)19-15(20)9-13-10-22-7-6-18-13/h4-5,8,13,18H,3,6-7,9-10H2,1-2H3,(H,17,21)(H,19,20). The number of nitrogens with one attached hydrogen (secondary N) is 3. The highest BCUT2D eigenvalue weighted by atomic mass is 16.5. The Balaban J connectivity index is 1.99. The highest BCUT2D eigenvalue weighted by Crippen LogP contribution is 2.17. The highest BCUT2D eigenvalue weighted by Gasteiger charge is 2.17. The fraction of sp³-hybridized carbons (Fsp3) is 0.500. The summed E-state index contributed by atoms with van der Waals surface area (Å²) in [7, 11) is 0. The second-order valence-corrected chi connectivity index (χ2v) is 5.37. The molecule has 6 nitrogen and oxygen atoms in total. The van der Waals surface area contributed by atoms with Gasteiger partial charge in [-0.05, 0) is 31.5 Å². The Morgan fingerprint density at radius 1 is 1.41 bits per heavy atom. The Kier molecular flexibility index (Phi) is 5.91. The number of carbonyl (C=O) groups is 2. The van der Waals surface area contributed by atoms with E-state index < -0.39 is 0 Å². The van der Waals surface area contributed by atoms with Crippen molar-refractivity contribution in [1.29, 1.82) is 0 Å². The minimum absolute atomic E-state index is 0.0422. The summed E-state index contributed by atoms with van der Waals surface area (Å²) in [4.78, 5) is 24.0. The first kappa shape index (κ1) is 16.5. The van der Waals surface area contributed by atoms with Gasteiger partial charge in [-0.25, -0.2) is 0 Å². The van der Waals surface area contributed by atoms with E-state index in [1.54, 1.807) is 12.1 Å². The van der Waals surface area contributed by atoms with Crippen LogP contribution < -0.4 is 16.0 Å². The molecule has 0 bridgehead atoms. The fourth-order valence-corrected chi connectivity index (χ4v) is 2.34. The second-order valence-electron chi connectivity index (χ2n) is 5.37. The fourth-order valence-electron chi connectivity index (χ4n) is 2.34. The van der Waals surface area contributed by atoms with Crippen molar-refractivity contribution in [3.8, 4) is 0 Å². The topological polar surface area (TPSA) is 79.5 Å². The summed E-state index contributed by atoms with van der Waals surface area (Å²) in [6, 6.07) is 5.35. The van der Waals surface area contributed by atoms with E-state index in [4.69, 9.17) is 4.74 Å². The molecule has 1 fully saturated rings. The first-order valence-corrected chi connectivity index (χ1v) is 7.60. The molecular weight excluding hydrogens is 282 g/mol. The number of ether oxygens (including phenoxy) is 1. The molecule has 3 N–H and O–H groups in total. The van der Waals surface area contributed by atoms with Crippen LogP contribution in [0.3, 0.4) is 0 Å². The van der Waals surface area contributed by atoms with Crippen LogP contribution in [0, 0.1) is 6.92 Å². The van der Waals surface area contributed by atoms with Crippen molar-refractivity contribution in [3.63, 3.8) is 0 Å². The van der Waals surface area contributed by atoms with E-state index in [2.05, 4.69) is 16.0 Å². The van der Waals surface area contributed by atoms with Crippen molar-refractivity contribution in [1.82, 2.24) is 10.6 Å². The number of carbonyl (C=O) groups excluding carboxylic acids is 2. The van der Waals surface area contributed by atoms with Crippen molar-refractivity contribution < 1.29 is 14.3 Å². The zero-order valence-corrected chi connectivity index (χ0v) is 13.1. The zero-order chi connectivity index (χ0) is 15.9. The first-order valence-electron chi connectivity index (χ1n) is 7.60. The van der Waals surface area contributed by atoms with Gasteiger partial charge in [-0.3, -0.25) is 9.59 Å². The molecular formula is C16H23N3O3. The van der Waals surface area contributed by atoms with Gasteiger partial charge < -0.3 is 20.7 Å². The molecule has 1 aliphatic rings. The van der Waals surface area contributed by atoms with Crippen molar-refractivity contribution in [2.75, 3.05) is 31.6 Å². The quantitative estimate of drug-likeness (QED) is 0.760. The van der Waals surface area contributed by atoms with E-state index >= 15 is 0 Å². The summed E-state index contributed by atoms with van der Waals surface area (Å²) < 4.78 is 5.34. The minimum Gasteiger partial charge on any atom is -0.378 e. The Morgan fingerprint density at radius 3 is 2.91 bits per heavy atom. The normalized spacial score (nSPS) is 17.8. The summed E-state index contributed by atoms with van der Waals surface area (Å²) in [5, 5.41) is 8.88. The lowest BCUT2D eigenvalue weighted by atomic mass is 10.1. The maximum atomic E-state index is 12.1. The van der Waals surface area contributed by atoms with Gasteiger partial charge >= 0.3 is 0 Å². The lowest BCUT2D eigenvalue weighted by Crippen LogP contribution is -2.43. The molecule has 1 aliphatic heterocycles. The SMILES string of the molecule is CCNC(=O)c1ccc(C)c(NC(=O)CC2COCCN2)c1. The summed E-state index contributed by atoms with van der Waals surface area (Å²) in [5.74, 6) is -0.223. The lowest BCUT2D eigenvalue weighted by molar-refractivity contribution is -0.117. The van der Waals surface area contributed by atoms with Crippen LogP contribution in [0.5, 0.6) is 0 Å². The number of hydrogen-bond donors (Lipinski definition) is 3. The van der Waals surface area contributed by atoms with Gasteiger partial charge in [-0.1, -0.05) is 6.07 Å². The predicted octanol–water partition coefficient (Wildman–Crippen LogP) is 1.06. The lowest BCUT2D eigenvalue weighted by Gasteiger charge is -2.23. The van der Waals surface area contributed by atoms with E-state index in [0.29, 0.717) is 37.4 Å². The van der Waals surface area contributed by atoms with E-state index in [9.17, 15) is 9.59 Å². The van der Waals surface area contributed by atoms with E-state index in [0.717, 1.165) is 12.1 Å². The zero-order valence-electron chi connectivity index (χ0n) is 13.1. The van der Waals surface area contributed by atoms with Crippen molar-refractivity contribution >= 4 is 17.5 Å². The molecule has 1 saturated heterocycles. The number of anilines is 1. The third-order valence-corrected chi connectivity index (χ3v) is 3.54. The summed E-state index contributed by atoms with van der Waals surface area (Å²) in [5.41, 5.74) is 2.14. The van der Waals surface area contributed by atoms with Crippen molar-refractivity contribution in [2.24, 2.45) is 0 Å². The van der Waals surface area contributed by atoms with Crippen LogP contribution >= 0.6 is 0 Å². The molecule has 1 unspecified atom stereocenters. The molecule has 0 spiro atoms. The van der Waals surface area contributed by atoms with Crippen molar-refractivity contribution in [2.45, 2.75) is 26.3 Å². The molecule has 1 heterocycles. The van der Waals surface area contributed by atoms with Crippen LogP contribution in [0.15, 0.2) is 18.2 Å². The van der Waals surface area contributed by atoms with Crippen LogP contribution in [0.2, 0.25) is 0 Å². The van der Waals surface area contributed by atoms with Crippen molar-refractivity contribution in [3.05, 3.63) is 29.3 Å². The number of benzene rings is 1. The molecule has 2 amide bonds. The first-order chi connectivity index (χ1) is 10.6. The molecule has 1 atom stereocenters. The van der Waals surface area contributed by atoms with Gasteiger partial charge in [0.25, 0.3) is 5.91 Å². The molecule has 22 heavy (non-hydrogen) atoms. The van der Waals surface area contributed by atoms with E-state index in [-0.39, 0.29) is 17.9 Å². The molecule has 2 rings (SSSR count). The number of rotatable bonds is 5. The van der Waals surface area contributed by atoms with Crippen LogP contribution in [0.1, 0.15) is 29.3 Å². The van der Waals surface area contributed by atoms with E-state index in [1.165, 1.54) is 0 Å². The molecule has 1 aromatic rings. The van der Waals surface area contributed by atoms with Crippen LogP contribution in [0.4, 0.5) is 5.69 Å². The minimum atomic E-state index is -0.139. The molecule has 0 aromatic heterocycles. The van der Waals surface area contributed by atoms with E-state index in [1.807, 2.05) is 19.9 Å². The van der Waals surface area contributed by atoms with Gasteiger partial charge in [0.15, 0.2) is 0 Å². The maximum absolute atomic E-state index is 12.1. The van der Waals surface area contributed by atoms with Gasteiger partial charge in [0.05, 0.1) is 13.2 Å². The van der Waals surface area contributed by atoms with Crippen LogP contribution in [-0.2, 0) is 9.53 Å². The molecule has 1 aromatic carbocycles. The van der Waals surface area contributed by atoms with Gasteiger partial charge in [-0.15, -0.1) is 0 Å². The Labute approximate surface area is 130 Å². The summed E-state index contributed by atoms with van der Waals surface area (Å²) in [6.07, 6.45) is 0.352. The van der Waals surface area contributed by atoms with Gasteiger partial charge in [0.2, 0.25) is 5.91 Å². The Bertz CT molecular complexity index is 539. The largest absolute Gasteiger partial charge is 0.378 e. The molecule has 0 radical (unpaired) electrons. The highest BCUT2D eigenvalue weighted by molar-refractivity contribution is 5.97. The Hall–Kier alpha value is -1.92. The number of hydrogen-bond acceptors (Lipinski definition) is 4. The molecule has 6 heteroatoms. The third-order valence-electron chi connectivity index (χ3n) is 3.54. The maximum Gasteiger partial charge on any atom is 0.251 e. The van der Waals surface area contributed by atoms with Crippen LogP contribution in [-0.4, -0.2) is 44.2 Å². The smallest absolute Gasteiger partial charge is 0.251 e. The van der Waals surface area contributed by atoms with Gasteiger partial charge in [-0.2, -0.15) is 0 Å². The van der Waals surface area contributed by atoms with Crippen LogP contribution in [0.25, 0.3) is 0 Å². The number of morpholine rings is 1. The molecule has 0 aliphatic carbocycles. The van der Waals surface area contributed by atoms with Gasteiger partial charge in [0, 0.05) is 36.8 Å². The monoisotopic (exact) mass is 305 g/mol. The summed E-state index contributed by atoms with van der Waals surface area (Å²) in [6.45, 7) is 6.34. The average molecular weight is 305 g/mol. The average Bonchev–Trinajstić information content (AvgIpc) is 2.50. The third kappa shape index (κ3) is 4.54. The van der Waals surface area contributed by atoms with Gasteiger partial charge in [0.1, 0.15) is 0 Å². The number of aryl methyl sites for hydroxylation is 1. The predicted molar refractivity (Wildman–Crippen MR) is 85.0 cm³/mol. The molecule has 120 valence electrons. The molecule has 0 saturated carbocycles.